The van der Waals surface area contributed by atoms with Gasteiger partial charge in [0.15, 0.2) is 0 Å². The van der Waals surface area contributed by atoms with E-state index in [1.54, 1.807) is 4.90 Å². The Morgan fingerprint density at radius 3 is 2.85 bits per heavy atom. The third kappa shape index (κ3) is 4.68. The zero-order chi connectivity index (χ0) is 23.5. The van der Waals surface area contributed by atoms with E-state index >= 15 is 0 Å². The molecule has 8 heteroatoms. The number of piperidine rings is 1. The smallest absolute Gasteiger partial charge is 0.255 e. The van der Waals surface area contributed by atoms with E-state index in [-0.39, 0.29) is 24.1 Å². The average Bonchev–Trinajstić information content (AvgIpc) is 3.18. The van der Waals surface area contributed by atoms with Gasteiger partial charge in [-0.15, -0.1) is 0 Å². The highest BCUT2D eigenvalue weighted by Gasteiger charge is 2.39. The van der Waals surface area contributed by atoms with Gasteiger partial charge in [0.25, 0.3) is 5.91 Å². The Kier molecular flexibility index (Phi) is 6.58. The molecular formula is C26H31N5O3. The van der Waals surface area contributed by atoms with Crippen LogP contribution in [-0.4, -0.2) is 46.7 Å². The second-order valence-electron chi connectivity index (χ2n) is 9.33. The van der Waals surface area contributed by atoms with Crippen molar-refractivity contribution in [1.29, 1.82) is 0 Å². The summed E-state index contributed by atoms with van der Waals surface area (Å²) in [6, 6.07) is 9.66. The molecule has 178 valence electrons. The predicted octanol–water partition coefficient (Wildman–Crippen LogP) is 2.31. The molecule has 2 aromatic rings. The number of anilines is 1. The molecule has 1 unspecified atom stereocenters. The van der Waals surface area contributed by atoms with E-state index in [4.69, 9.17) is 4.98 Å². The number of hydrogen-bond donors (Lipinski definition) is 3. The maximum absolute atomic E-state index is 13.2. The number of aromatic nitrogens is 1. The van der Waals surface area contributed by atoms with Crippen molar-refractivity contribution in [3.8, 4) is 0 Å². The fraction of sp³-hybridized carbons (Fsp3) is 0.462. The molecule has 3 aliphatic heterocycles. The number of carbonyl (C=O) groups is 3. The van der Waals surface area contributed by atoms with Gasteiger partial charge in [0, 0.05) is 37.3 Å². The van der Waals surface area contributed by atoms with Crippen molar-refractivity contribution >= 4 is 23.5 Å². The van der Waals surface area contributed by atoms with E-state index in [0.29, 0.717) is 25.1 Å². The summed E-state index contributed by atoms with van der Waals surface area (Å²) in [6.45, 7) is 2.89. The van der Waals surface area contributed by atoms with Crippen molar-refractivity contribution in [1.82, 2.24) is 20.5 Å². The van der Waals surface area contributed by atoms with Gasteiger partial charge in [-0.25, -0.2) is 4.98 Å². The van der Waals surface area contributed by atoms with E-state index in [9.17, 15) is 14.4 Å². The minimum absolute atomic E-state index is 0.117. The van der Waals surface area contributed by atoms with Gasteiger partial charge >= 0.3 is 0 Å². The summed E-state index contributed by atoms with van der Waals surface area (Å²) >= 11 is 0. The number of aryl methyl sites for hydroxylation is 2. The lowest BCUT2D eigenvalue weighted by atomic mass is 10.0. The first-order chi connectivity index (χ1) is 16.6. The molecule has 5 rings (SSSR count). The molecule has 0 aliphatic carbocycles. The van der Waals surface area contributed by atoms with Crippen molar-refractivity contribution in [3.05, 3.63) is 58.3 Å². The molecule has 1 atom stereocenters. The second-order valence-corrected chi connectivity index (χ2v) is 9.33. The van der Waals surface area contributed by atoms with Crippen LogP contribution in [0.15, 0.2) is 30.3 Å². The van der Waals surface area contributed by atoms with Gasteiger partial charge < -0.3 is 15.5 Å². The van der Waals surface area contributed by atoms with Crippen LogP contribution in [-0.2, 0) is 35.5 Å². The van der Waals surface area contributed by atoms with E-state index in [1.165, 1.54) is 12.0 Å². The molecule has 3 N–H and O–H groups in total. The van der Waals surface area contributed by atoms with Crippen molar-refractivity contribution in [2.75, 3.05) is 18.4 Å². The molecule has 3 aliphatic rings. The summed E-state index contributed by atoms with van der Waals surface area (Å²) < 4.78 is 0. The molecule has 1 fully saturated rings. The lowest BCUT2D eigenvalue weighted by Gasteiger charge is -2.29. The number of carbonyl (C=O) groups excluding carboxylic acids is 3. The number of nitrogens with zero attached hydrogens (tertiary/aromatic N) is 2. The number of fused-ring (bicyclic) bond motifs is 2. The number of rotatable bonds is 8. The van der Waals surface area contributed by atoms with Gasteiger partial charge in [0.2, 0.25) is 11.8 Å². The number of nitrogens with one attached hydrogen (secondary N) is 3. The molecule has 1 aromatic carbocycles. The molecular weight excluding hydrogens is 430 g/mol. The summed E-state index contributed by atoms with van der Waals surface area (Å²) in [5.74, 6) is 0.292. The standard InChI is InChI=1S/C26H31N5O3/c32-22-12-11-21(25(33)30-22)31-16-19-6-3-5-18(23(19)26(31)34)15-27-13-2-1-8-20-10-9-17-7-4-14-28-24(17)29-20/h3,5-6,9-10,21,27H,1-2,4,7-8,11-16H2,(H,28,29)(H,30,32,33). The molecule has 0 spiro atoms. The zero-order valence-corrected chi connectivity index (χ0v) is 19.4. The van der Waals surface area contributed by atoms with Crippen LogP contribution >= 0.6 is 0 Å². The Hall–Kier alpha value is -3.26. The van der Waals surface area contributed by atoms with E-state index in [2.05, 4.69) is 28.1 Å². The Morgan fingerprint density at radius 2 is 1.97 bits per heavy atom. The predicted molar refractivity (Wildman–Crippen MR) is 128 cm³/mol. The summed E-state index contributed by atoms with van der Waals surface area (Å²) in [6.07, 6.45) is 5.96. The normalized spacial score (nSPS) is 19.5. The molecule has 3 amide bonds. The minimum atomic E-state index is -0.578. The van der Waals surface area contributed by atoms with Crippen LogP contribution in [0.2, 0.25) is 0 Å². The SMILES string of the molecule is O=C1CCC(N2Cc3cccc(CNCCCCc4ccc5c(n4)NCCC5)c3C2=O)C(=O)N1. The fourth-order valence-electron chi connectivity index (χ4n) is 5.12. The summed E-state index contributed by atoms with van der Waals surface area (Å²) in [7, 11) is 0. The highest BCUT2D eigenvalue weighted by atomic mass is 16.2. The Labute approximate surface area is 199 Å². The van der Waals surface area contributed by atoms with E-state index in [0.717, 1.165) is 61.4 Å². The maximum atomic E-state index is 13.2. The molecule has 1 saturated heterocycles. The number of imide groups is 1. The van der Waals surface area contributed by atoms with Crippen LogP contribution < -0.4 is 16.0 Å². The molecule has 0 radical (unpaired) electrons. The van der Waals surface area contributed by atoms with Gasteiger partial charge in [-0.3, -0.25) is 19.7 Å². The quantitative estimate of drug-likeness (QED) is 0.412. The van der Waals surface area contributed by atoms with Gasteiger partial charge in [0.05, 0.1) is 0 Å². The van der Waals surface area contributed by atoms with E-state index < -0.39 is 6.04 Å². The fourth-order valence-corrected chi connectivity index (χ4v) is 5.12. The van der Waals surface area contributed by atoms with Gasteiger partial charge in [-0.05, 0) is 67.8 Å². The van der Waals surface area contributed by atoms with Crippen molar-refractivity contribution in [2.24, 2.45) is 0 Å². The molecule has 1 aromatic heterocycles. The van der Waals surface area contributed by atoms with Gasteiger partial charge in [-0.1, -0.05) is 24.3 Å². The number of amides is 3. The molecule has 0 saturated carbocycles. The lowest BCUT2D eigenvalue weighted by Crippen LogP contribution is -2.52. The second kappa shape index (κ2) is 9.93. The number of hydrogen-bond acceptors (Lipinski definition) is 6. The van der Waals surface area contributed by atoms with Crippen LogP contribution in [0.25, 0.3) is 0 Å². The van der Waals surface area contributed by atoms with Gasteiger partial charge in [0.1, 0.15) is 11.9 Å². The third-order valence-corrected chi connectivity index (χ3v) is 6.94. The van der Waals surface area contributed by atoms with Crippen molar-refractivity contribution in [3.63, 3.8) is 0 Å². The Morgan fingerprint density at radius 1 is 1.06 bits per heavy atom. The molecule has 8 nitrogen and oxygen atoms in total. The monoisotopic (exact) mass is 461 g/mol. The highest BCUT2D eigenvalue weighted by Crippen LogP contribution is 2.29. The van der Waals surface area contributed by atoms with Crippen LogP contribution in [0.3, 0.4) is 0 Å². The minimum Gasteiger partial charge on any atom is -0.370 e. The Bertz CT molecular complexity index is 1120. The lowest BCUT2D eigenvalue weighted by molar-refractivity contribution is -0.136. The first kappa shape index (κ1) is 22.5. The topological polar surface area (TPSA) is 103 Å². The summed E-state index contributed by atoms with van der Waals surface area (Å²) in [5.41, 5.74) is 5.05. The summed E-state index contributed by atoms with van der Waals surface area (Å²) in [4.78, 5) is 43.3. The van der Waals surface area contributed by atoms with Crippen molar-refractivity contribution < 1.29 is 14.4 Å². The zero-order valence-electron chi connectivity index (χ0n) is 19.4. The first-order valence-electron chi connectivity index (χ1n) is 12.3. The van der Waals surface area contributed by atoms with Crippen LogP contribution in [0.5, 0.6) is 0 Å². The highest BCUT2D eigenvalue weighted by molar-refractivity contribution is 6.06. The Balaban J connectivity index is 1.11. The molecule has 4 heterocycles. The van der Waals surface area contributed by atoms with Crippen LogP contribution in [0.4, 0.5) is 5.82 Å². The van der Waals surface area contributed by atoms with Crippen LogP contribution in [0.1, 0.15) is 64.8 Å². The first-order valence-corrected chi connectivity index (χ1v) is 12.3. The number of unbranched alkanes of at least 4 members (excludes halogenated alkanes) is 1. The molecule has 34 heavy (non-hydrogen) atoms. The number of pyridine rings is 1. The number of benzene rings is 1. The largest absolute Gasteiger partial charge is 0.370 e. The average molecular weight is 462 g/mol. The van der Waals surface area contributed by atoms with Crippen LogP contribution in [0, 0.1) is 0 Å². The maximum Gasteiger partial charge on any atom is 0.255 e. The summed E-state index contributed by atoms with van der Waals surface area (Å²) in [5, 5.41) is 9.22. The third-order valence-electron chi connectivity index (χ3n) is 6.94. The van der Waals surface area contributed by atoms with Crippen molar-refractivity contribution in [2.45, 2.75) is 64.1 Å². The van der Waals surface area contributed by atoms with E-state index in [1.807, 2.05) is 18.2 Å². The molecule has 0 bridgehead atoms. The van der Waals surface area contributed by atoms with Gasteiger partial charge in [-0.2, -0.15) is 0 Å².